The van der Waals surface area contributed by atoms with E-state index in [0.717, 1.165) is 36.0 Å². The highest BCUT2D eigenvalue weighted by molar-refractivity contribution is 6.06. The van der Waals surface area contributed by atoms with Crippen molar-refractivity contribution in [2.75, 3.05) is 19.0 Å². The molecule has 33 heavy (non-hydrogen) atoms. The molecular weight excluding hydrogens is 426 g/mol. The van der Waals surface area contributed by atoms with Crippen LogP contribution in [0.2, 0.25) is 0 Å². The van der Waals surface area contributed by atoms with Crippen molar-refractivity contribution in [2.24, 2.45) is 5.92 Å². The number of nitrogens with zero attached hydrogens (tertiary/aromatic N) is 2. The lowest BCUT2D eigenvalue weighted by Crippen LogP contribution is -2.23. The van der Waals surface area contributed by atoms with Crippen molar-refractivity contribution in [1.82, 2.24) is 4.98 Å². The lowest BCUT2D eigenvalue weighted by Gasteiger charge is -2.24. The van der Waals surface area contributed by atoms with Gasteiger partial charge in [-0.15, -0.1) is 0 Å². The van der Waals surface area contributed by atoms with Gasteiger partial charge in [-0.05, 0) is 42.9 Å². The Hall–Kier alpha value is -4.01. The third kappa shape index (κ3) is 4.62. The summed E-state index contributed by atoms with van der Waals surface area (Å²) in [7, 11) is 1.34. The lowest BCUT2D eigenvalue weighted by atomic mass is 9.84. The van der Waals surface area contributed by atoms with Gasteiger partial charge < -0.3 is 14.8 Å². The molecule has 0 radical (unpaired) electrons. The maximum atomic E-state index is 13.1. The fourth-order valence-corrected chi connectivity index (χ4v) is 4.08. The predicted octanol–water partition coefficient (Wildman–Crippen LogP) is 4.07. The molecule has 3 aromatic rings. The smallest absolute Gasteiger partial charge is 0.339 e. The maximum Gasteiger partial charge on any atom is 0.339 e. The number of pyridine rings is 1. The minimum atomic E-state index is -0.587. The molecule has 1 atom stereocenters. The summed E-state index contributed by atoms with van der Waals surface area (Å²) in [5.41, 5.74) is 3.04. The standard InChI is InChI=1S/C24H23N3O6/c1-14-7-9-19-17(11-14)23(16-5-3-4-6-18(16)25-19)24(29)33-13-22(28)26-20-10-8-15(27(30)31)12-21(20)32-2/h3-6,8,10,12,14H,7,9,11,13H2,1-2H3,(H,26,28). The number of anilines is 1. The third-order valence-electron chi connectivity index (χ3n) is 5.71. The molecule has 1 aliphatic carbocycles. The van der Waals surface area contributed by atoms with Crippen LogP contribution in [-0.2, 0) is 22.4 Å². The van der Waals surface area contributed by atoms with Gasteiger partial charge in [0.15, 0.2) is 6.61 Å². The van der Waals surface area contributed by atoms with E-state index in [9.17, 15) is 19.7 Å². The Morgan fingerprint density at radius 2 is 2.03 bits per heavy atom. The van der Waals surface area contributed by atoms with Crippen molar-refractivity contribution in [3.05, 3.63) is 69.4 Å². The lowest BCUT2D eigenvalue weighted by molar-refractivity contribution is -0.384. The van der Waals surface area contributed by atoms with Gasteiger partial charge in [0.1, 0.15) is 5.75 Å². The molecule has 170 valence electrons. The minimum absolute atomic E-state index is 0.132. The molecule has 0 saturated carbocycles. The van der Waals surface area contributed by atoms with E-state index in [1.54, 1.807) is 0 Å². The van der Waals surface area contributed by atoms with Crippen molar-refractivity contribution in [3.63, 3.8) is 0 Å². The van der Waals surface area contributed by atoms with E-state index in [4.69, 9.17) is 14.5 Å². The molecular formula is C24H23N3O6. The van der Waals surface area contributed by atoms with E-state index in [-0.39, 0.29) is 17.1 Å². The Morgan fingerprint density at radius 3 is 2.79 bits per heavy atom. The first-order valence-electron chi connectivity index (χ1n) is 10.6. The number of aryl methyl sites for hydroxylation is 1. The summed E-state index contributed by atoms with van der Waals surface area (Å²) >= 11 is 0. The van der Waals surface area contributed by atoms with Gasteiger partial charge in [-0.1, -0.05) is 25.1 Å². The second-order valence-corrected chi connectivity index (χ2v) is 8.04. The molecule has 1 heterocycles. The number of fused-ring (bicyclic) bond motifs is 2. The first kappa shape index (κ1) is 22.2. The number of nitrogens with one attached hydrogen (secondary N) is 1. The number of methoxy groups -OCH3 is 1. The van der Waals surface area contributed by atoms with Crippen LogP contribution in [-0.4, -0.2) is 35.5 Å². The number of rotatable bonds is 6. The summed E-state index contributed by atoms with van der Waals surface area (Å²) in [6.45, 7) is 1.62. The predicted molar refractivity (Wildman–Crippen MR) is 121 cm³/mol. The van der Waals surface area contributed by atoms with E-state index in [1.165, 1.54) is 25.3 Å². The highest BCUT2D eigenvalue weighted by Gasteiger charge is 2.26. The fourth-order valence-electron chi connectivity index (χ4n) is 4.08. The molecule has 4 rings (SSSR count). The van der Waals surface area contributed by atoms with Crippen LogP contribution in [0.1, 0.15) is 35.0 Å². The molecule has 0 aliphatic heterocycles. The molecule has 1 aliphatic rings. The number of amides is 1. The third-order valence-corrected chi connectivity index (χ3v) is 5.71. The molecule has 1 amide bonds. The zero-order valence-electron chi connectivity index (χ0n) is 18.3. The van der Waals surface area contributed by atoms with Gasteiger partial charge in [-0.2, -0.15) is 0 Å². The van der Waals surface area contributed by atoms with Gasteiger partial charge in [0.2, 0.25) is 0 Å². The first-order valence-corrected chi connectivity index (χ1v) is 10.6. The average molecular weight is 449 g/mol. The van der Waals surface area contributed by atoms with Gasteiger partial charge in [-0.25, -0.2) is 4.79 Å². The Kier molecular flexibility index (Phi) is 6.21. The van der Waals surface area contributed by atoms with Crippen molar-refractivity contribution in [1.29, 1.82) is 0 Å². The van der Waals surface area contributed by atoms with Crippen molar-refractivity contribution in [2.45, 2.75) is 26.2 Å². The number of aromatic nitrogens is 1. The number of benzene rings is 2. The van der Waals surface area contributed by atoms with Crippen LogP contribution in [0.3, 0.4) is 0 Å². The molecule has 1 N–H and O–H groups in total. The molecule has 0 spiro atoms. The first-order chi connectivity index (χ1) is 15.9. The molecule has 9 nitrogen and oxygen atoms in total. The average Bonchev–Trinajstić information content (AvgIpc) is 2.81. The van der Waals surface area contributed by atoms with Gasteiger partial charge in [0.05, 0.1) is 34.9 Å². The summed E-state index contributed by atoms with van der Waals surface area (Å²) in [5, 5.41) is 14.2. The van der Waals surface area contributed by atoms with E-state index in [2.05, 4.69) is 12.2 Å². The summed E-state index contributed by atoms with van der Waals surface area (Å²) < 4.78 is 10.5. The number of para-hydroxylation sites is 1. The monoisotopic (exact) mass is 449 g/mol. The van der Waals surface area contributed by atoms with Crippen LogP contribution in [0.5, 0.6) is 5.75 Å². The van der Waals surface area contributed by atoms with E-state index >= 15 is 0 Å². The van der Waals surface area contributed by atoms with E-state index < -0.39 is 23.4 Å². The number of non-ortho nitro benzene ring substituents is 1. The largest absolute Gasteiger partial charge is 0.494 e. The molecule has 9 heteroatoms. The minimum Gasteiger partial charge on any atom is -0.494 e. The Balaban J connectivity index is 1.53. The Bertz CT molecular complexity index is 1260. The number of esters is 1. The summed E-state index contributed by atoms with van der Waals surface area (Å²) in [6.07, 6.45) is 2.53. The number of nitro groups is 1. The SMILES string of the molecule is COc1cc([N+](=O)[O-])ccc1NC(=O)COC(=O)c1c2c(nc3ccccc13)CCC(C)C2. The van der Waals surface area contributed by atoms with Crippen LogP contribution < -0.4 is 10.1 Å². The highest BCUT2D eigenvalue weighted by atomic mass is 16.6. The topological polar surface area (TPSA) is 121 Å². The normalized spacial score (nSPS) is 14.9. The van der Waals surface area contributed by atoms with Crippen LogP contribution >= 0.6 is 0 Å². The van der Waals surface area contributed by atoms with Crippen molar-refractivity contribution < 1.29 is 24.0 Å². The van der Waals surface area contributed by atoms with Crippen LogP contribution in [0, 0.1) is 16.0 Å². The number of carbonyl (C=O) groups is 2. The molecule has 1 aromatic heterocycles. The number of carbonyl (C=O) groups excluding carboxylic acids is 2. The van der Waals surface area contributed by atoms with Gasteiger partial charge in [0.25, 0.3) is 11.6 Å². The molecule has 0 fully saturated rings. The fraction of sp³-hybridized carbons (Fsp3) is 0.292. The quantitative estimate of drug-likeness (QED) is 0.342. The van der Waals surface area contributed by atoms with Crippen molar-refractivity contribution in [3.8, 4) is 5.75 Å². The van der Waals surface area contributed by atoms with Crippen molar-refractivity contribution >= 4 is 34.2 Å². The number of nitro benzene ring substituents is 1. The highest BCUT2D eigenvalue weighted by Crippen LogP contribution is 2.32. The molecule has 2 aromatic carbocycles. The number of hydrogen-bond donors (Lipinski definition) is 1. The van der Waals surface area contributed by atoms with Crippen LogP contribution in [0.25, 0.3) is 10.9 Å². The van der Waals surface area contributed by atoms with Gasteiger partial charge >= 0.3 is 5.97 Å². The van der Waals surface area contributed by atoms with Crippen LogP contribution in [0.4, 0.5) is 11.4 Å². The number of hydrogen-bond acceptors (Lipinski definition) is 7. The Morgan fingerprint density at radius 1 is 1.24 bits per heavy atom. The van der Waals surface area contributed by atoms with Crippen LogP contribution in [0.15, 0.2) is 42.5 Å². The van der Waals surface area contributed by atoms with E-state index in [1.807, 2.05) is 24.3 Å². The second kappa shape index (κ2) is 9.23. The molecule has 0 saturated heterocycles. The van der Waals surface area contributed by atoms with Gasteiger partial charge in [0, 0.05) is 17.1 Å². The molecule has 1 unspecified atom stereocenters. The zero-order valence-corrected chi connectivity index (χ0v) is 18.3. The summed E-state index contributed by atoms with van der Waals surface area (Å²) in [6, 6.07) is 11.2. The zero-order chi connectivity index (χ0) is 23.5. The summed E-state index contributed by atoms with van der Waals surface area (Å²) in [4.78, 5) is 40.7. The Labute approximate surface area is 189 Å². The summed E-state index contributed by atoms with van der Waals surface area (Å²) in [5.74, 6) is -0.613. The number of ether oxygens (including phenoxy) is 2. The van der Waals surface area contributed by atoms with Gasteiger partial charge in [-0.3, -0.25) is 19.9 Å². The van der Waals surface area contributed by atoms with E-state index in [0.29, 0.717) is 16.9 Å². The second-order valence-electron chi connectivity index (χ2n) is 8.04. The molecule has 0 bridgehead atoms. The maximum absolute atomic E-state index is 13.1.